The number of hydrogen-bond acceptors (Lipinski definition) is 3. The van der Waals surface area contributed by atoms with E-state index in [4.69, 9.17) is 15.9 Å². The molecule has 0 saturated heterocycles. The molecule has 0 aromatic heterocycles. The third-order valence-electron chi connectivity index (χ3n) is 1.03. The summed E-state index contributed by atoms with van der Waals surface area (Å²) in [5.74, 6) is -0.129. The van der Waals surface area contributed by atoms with E-state index in [0.29, 0.717) is 0 Å². The van der Waals surface area contributed by atoms with Crippen molar-refractivity contribution in [1.29, 1.82) is 0 Å². The quantitative estimate of drug-likeness (QED) is 0.420. The van der Waals surface area contributed by atoms with Crippen LogP contribution in [0, 0.1) is 0 Å². The molecule has 0 rings (SSSR count). The third-order valence-corrected chi connectivity index (χ3v) is 1.03. The highest BCUT2D eigenvalue weighted by Crippen LogP contribution is 2.00. The number of rotatable bonds is 2. The first-order chi connectivity index (χ1) is 5.07. The average molecular weight is 155 g/mol. The van der Waals surface area contributed by atoms with E-state index in [0.717, 1.165) is 0 Å². The molecule has 0 radical (unpaired) electrons. The van der Waals surface area contributed by atoms with Gasteiger partial charge in [0.05, 0.1) is 0 Å². The van der Waals surface area contributed by atoms with Gasteiger partial charge in [0.15, 0.2) is 0 Å². The summed E-state index contributed by atoms with van der Waals surface area (Å²) in [7, 11) is 0. The third kappa shape index (κ3) is 4.08. The summed E-state index contributed by atoms with van der Waals surface area (Å²) in [4.78, 5) is 0. The largest absolute Gasteiger partial charge is 0.508 e. The molecule has 0 heterocycles. The van der Waals surface area contributed by atoms with Gasteiger partial charge in [-0.1, -0.05) is 6.08 Å². The van der Waals surface area contributed by atoms with E-state index < -0.39 is 0 Å². The summed E-state index contributed by atoms with van der Waals surface area (Å²) in [5, 5.41) is 18.0. The minimum atomic E-state index is -0.111. The number of allylic oxidation sites excluding steroid dienone is 4. The number of aliphatic hydroxyl groups is 2. The minimum absolute atomic E-state index is 0.0187. The molecule has 0 fully saturated rings. The highest BCUT2D eigenvalue weighted by Gasteiger charge is 1.92. The Balaban J connectivity index is 4.44. The number of aliphatic hydroxyl groups excluding tert-OH is 2. The Morgan fingerprint density at radius 3 is 2.27 bits per heavy atom. The van der Waals surface area contributed by atoms with Gasteiger partial charge < -0.3 is 15.9 Å². The van der Waals surface area contributed by atoms with Crippen molar-refractivity contribution in [3.05, 3.63) is 35.4 Å². The van der Waals surface area contributed by atoms with E-state index in [1.807, 2.05) is 0 Å². The van der Waals surface area contributed by atoms with Gasteiger partial charge in [0.25, 0.3) is 0 Å². The lowest BCUT2D eigenvalue weighted by atomic mass is 10.3. The Hall–Kier alpha value is -1.38. The first kappa shape index (κ1) is 9.62. The zero-order valence-corrected chi connectivity index (χ0v) is 6.70. The maximum absolute atomic E-state index is 9.01. The lowest BCUT2D eigenvalue weighted by molar-refractivity contribution is 0.400. The summed E-state index contributed by atoms with van der Waals surface area (Å²) in [6, 6.07) is 0. The van der Waals surface area contributed by atoms with Crippen molar-refractivity contribution >= 4 is 0 Å². The molecule has 0 bridgehead atoms. The maximum Gasteiger partial charge on any atom is 0.137 e. The van der Waals surface area contributed by atoms with Crippen LogP contribution in [0.15, 0.2) is 35.4 Å². The van der Waals surface area contributed by atoms with Crippen LogP contribution in [0.5, 0.6) is 0 Å². The molecule has 4 N–H and O–H groups in total. The number of hydrogen-bond donors (Lipinski definition) is 3. The molecule has 0 atom stereocenters. The van der Waals surface area contributed by atoms with Gasteiger partial charge in [-0.05, 0) is 19.9 Å². The fraction of sp³-hybridized carbons (Fsp3) is 0.250. The van der Waals surface area contributed by atoms with E-state index in [2.05, 4.69) is 0 Å². The summed E-state index contributed by atoms with van der Waals surface area (Å²) in [6.45, 7) is 3.31. The Morgan fingerprint density at radius 1 is 1.36 bits per heavy atom. The van der Waals surface area contributed by atoms with Crippen molar-refractivity contribution in [1.82, 2.24) is 0 Å². The Kier molecular flexibility index (Phi) is 3.88. The van der Waals surface area contributed by atoms with Gasteiger partial charge in [-0.15, -0.1) is 0 Å². The first-order valence-corrected chi connectivity index (χ1v) is 3.26. The van der Waals surface area contributed by atoms with Crippen LogP contribution in [0.25, 0.3) is 0 Å². The average Bonchev–Trinajstić information content (AvgIpc) is 1.87. The van der Waals surface area contributed by atoms with Crippen LogP contribution in [0.3, 0.4) is 0 Å². The second kappa shape index (κ2) is 4.44. The minimum Gasteiger partial charge on any atom is -0.508 e. The molecule has 0 amide bonds. The smallest absolute Gasteiger partial charge is 0.137 e. The van der Waals surface area contributed by atoms with Crippen LogP contribution in [0.4, 0.5) is 0 Å². The standard InChI is InChI=1S/C8H13NO2/c1-3-4-7(10)5-8(11)6(2)9/h3-5,10-11H,9H2,1-2H3/b4-3-,7-5+,8-6-. The Bertz CT molecular complexity index is 210. The summed E-state index contributed by atoms with van der Waals surface area (Å²) in [6.07, 6.45) is 4.31. The molecule has 0 spiro atoms. The molecule has 3 heteroatoms. The van der Waals surface area contributed by atoms with E-state index >= 15 is 0 Å². The van der Waals surface area contributed by atoms with Crippen LogP contribution >= 0.6 is 0 Å². The van der Waals surface area contributed by atoms with Crippen molar-refractivity contribution in [3.63, 3.8) is 0 Å². The normalized spacial score (nSPS) is 15.3. The second-order valence-corrected chi connectivity index (χ2v) is 2.14. The summed E-state index contributed by atoms with van der Waals surface area (Å²) >= 11 is 0. The molecule has 0 saturated carbocycles. The topological polar surface area (TPSA) is 66.5 Å². The zero-order chi connectivity index (χ0) is 8.85. The van der Waals surface area contributed by atoms with Gasteiger partial charge in [0.2, 0.25) is 0 Å². The monoisotopic (exact) mass is 155 g/mol. The number of nitrogens with two attached hydrogens (primary N) is 1. The van der Waals surface area contributed by atoms with Crippen LogP contribution in [-0.2, 0) is 0 Å². The highest BCUT2D eigenvalue weighted by molar-refractivity contribution is 5.22. The molecular weight excluding hydrogens is 142 g/mol. The van der Waals surface area contributed by atoms with Crippen molar-refractivity contribution in [2.24, 2.45) is 5.73 Å². The van der Waals surface area contributed by atoms with Gasteiger partial charge in [-0.2, -0.15) is 0 Å². The second-order valence-electron chi connectivity index (χ2n) is 2.14. The SMILES string of the molecule is C\C=C/C(O)=C\C(O)=C(/C)N. The van der Waals surface area contributed by atoms with Gasteiger partial charge in [-0.25, -0.2) is 0 Å². The van der Waals surface area contributed by atoms with Gasteiger partial charge in [0.1, 0.15) is 11.5 Å². The lowest BCUT2D eigenvalue weighted by Crippen LogP contribution is -1.95. The molecule has 0 aromatic rings. The Morgan fingerprint density at radius 2 is 1.91 bits per heavy atom. The fourth-order valence-electron chi connectivity index (χ4n) is 0.473. The van der Waals surface area contributed by atoms with Crippen LogP contribution < -0.4 is 5.73 Å². The van der Waals surface area contributed by atoms with E-state index in [-0.39, 0.29) is 17.2 Å². The molecule has 62 valence electrons. The Labute approximate surface area is 66.2 Å². The molecular formula is C8H13NO2. The molecule has 0 aliphatic rings. The molecule has 0 aromatic carbocycles. The van der Waals surface area contributed by atoms with Crippen molar-refractivity contribution in [2.75, 3.05) is 0 Å². The van der Waals surface area contributed by atoms with Gasteiger partial charge in [-0.3, -0.25) is 0 Å². The molecule has 11 heavy (non-hydrogen) atoms. The van der Waals surface area contributed by atoms with E-state index in [1.165, 1.54) is 12.2 Å². The van der Waals surface area contributed by atoms with E-state index in [9.17, 15) is 0 Å². The molecule has 0 aliphatic carbocycles. The fourth-order valence-corrected chi connectivity index (χ4v) is 0.473. The highest BCUT2D eigenvalue weighted by atomic mass is 16.3. The van der Waals surface area contributed by atoms with Crippen molar-refractivity contribution in [2.45, 2.75) is 13.8 Å². The van der Waals surface area contributed by atoms with Gasteiger partial charge >= 0.3 is 0 Å². The van der Waals surface area contributed by atoms with Crippen LogP contribution in [0.2, 0.25) is 0 Å². The van der Waals surface area contributed by atoms with Crippen molar-refractivity contribution in [3.8, 4) is 0 Å². The summed E-state index contributed by atoms with van der Waals surface area (Å²) < 4.78 is 0. The van der Waals surface area contributed by atoms with Gasteiger partial charge in [0, 0.05) is 11.8 Å². The zero-order valence-electron chi connectivity index (χ0n) is 6.70. The molecule has 0 aliphatic heterocycles. The molecule has 3 nitrogen and oxygen atoms in total. The van der Waals surface area contributed by atoms with Crippen molar-refractivity contribution < 1.29 is 10.2 Å². The summed E-state index contributed by atoms with van der Waals surface area (Å²) in [5.41, 5.74) is 5.51. The molecule has 0 unspecified atom stereocenters. The predicted octanol–water partition coefficient (Wildman–Crippen LogP) is 1.75. The van der Waals surface area contributed by atoms with Crippen LogP contribution in [-0.4, -0.2) is 10.2 Å². The van der Waals surface area contributed by atoms with E-state index in [1.54, 1.807) is 19.9 Å². The van der Waals surface area contributed by atoms with Crippen LogP contribution in [0.1, 0.15) is 13.8 Å². The maximum atomic E-state index is 9.01. The lowest BCUT2D eigenvalue weighted by Gasteiger charge is -1.94. The predicted molar refractivity (Wildman–Crippen MR) is 45.0 cm³/mol. The first-order valence-electron chi connectivity index (χ1n) is 3.26.